The van der Waals surface area contributed by atoms with Crippen molar-refractivity contribution in [3.8, 4) is 17.0 Å². The number of ether oxygens (including phenoxy) is 1. The lowest BCUT2D eigenvalue weighted by molar-refractivity contribution is -0.0980. The third kappa shape index (κ3) is 6.08. The molecule has 1 aliphatic heterocycles. The summed E-state index contributed by atoms with van der Waals surface area (Å²) < 4.78 is 6.94. The first kappa shape index (κ1) is 26.4. The van der Waals surface area contributed by atoms with Crippen molar-refractivity contribution in [3.63, 3.8) is 0 Å². The van der Waals surface area contributed by atoms with Gasteiger partial charge in [0.2, 0.25) is 0 Å². The van der Waals surface area contributed by atoms with Crippen LogP contribution < -0.4 is 26.8 Å². The number of primary amides is 1. The fraction of sp³-hybridized carbons (Fsp3) is 0.308. The van der Waals surface area contributed by atoms with E-state index in [9.17, 15) is 9.59 Å². The first-order chi connectivity index (χ1) is 17.5. The summed E-state index contributed by atoms with van der Waals surface area (Å²) in [6.45, 7) is 4.89. The maximum atomic E-state index is 12.5. The minimum Gasteiger partial charge on any atom is -0.496 e. The highest BCUT2D eigenvalue weighted by Crippen LogP contribution is 2.28. The van der Waals surface area contributed by atoms with Crippen molar-refractivity contribution in [2.45, 2.75) is 25.9 Å². The lowest BCUT2D eigenvalue weighted by Gasteiger charge is -2.22. The van der Waals surface area contributed by atoms with Crippen LogP contribution in [-0.4, -0.2) is 48.6 Å². The van der Waals surface area contributed by atoms with Crippen molar-refractivity contribution in [3.05, 3.63) is 65.2 Å². The number of hydrogen-bond acceptors (Lipinski definition) is 7. The quantitative estimate of drug-likeness (QED) is 0.375. The Bertz CT molecular complexity index is 1190. The van der Waals surface area contributed by atoms with Gasteiger partial charge < -0.3 is 31.6 Å². The van der Waals surface area contributed by atoms with Crippen molar-refractivity contribution in [1.82, 2.24) is 20.4 Å². The van der Waals surface area contributed by atoms with Gasteiger partial charge in [0, 0.05) is 18.7 Å². The van der Waals surface area contributed by atoms with E-state index < -0.39 is 5.91 Å². The molecule has 6 N–H and O–H groups in total. The van der Waals surface area contributed by atoms with Crippen LogP contribution in [0, 0.1) is 5.92 Å². The number of amides is 2. The Kier molecular flexibility index (Phi) is 9.18. The molecule has 0 bridgehead atoms. The average molecular weight is 493 g/mol. The Hall–Kier alpha value is -4.18. The molecular weight excluding hydrogens is 460 g/mol. The molecule has 4 rings (SSSR count). The zero-order valence-corrected chi connectivity index (χ0v) is 20.3. The van der Waals surface area contributed by atoms with Crippen LogP contribution in [0.15, 0.2) is 48.5 Å². The number of nitrogens with zero attached hydrogens (tertiary/aromatic N) is 2. The fourth-order valence-corrected chi connectivity index (χ4v) is 4.27. The van der Waals surface area contributed by atoms with Crippen LogP contribution in [0.1, 0.15) is 39.1 Å². The van der Waals surface area contributed by atoms with Gasteiger partial charge in [-0.2, -0.15) is 5.10 Å². The molecule has 10 nitrogen and oxygen atoms in total. The third-order valence-electron chi connectivity index (χ3n) is 6.10. The summed E-state index contributed by atoms with van der Waals surface area (Å²) in [5, 5.41) is 10.9. The highest BCUT2D eigenvalue weighted by molar-refractivity contribution is 6.03. The molecule has 10 heteroatoms. The van der Waals surface area contributed by atoms with Crippen molar-refractivity contribution in [2.75, 3.05) is 25.9 Å². The number of nitrogen functional groups attached to an aromatic ring is 1. The lowest BCUT2D eigenvalue weighted by Crippen LogP contribution is -2.32. The number of piperidine rings is 1. The van der Waals surface area contributed by atoms with Gasteiger partial charge in [0.05, 0.1) is 12.7 Å². The van der Waals surface area contributed by atoms with Crippen molar-refractivity contribution >= 4 is 24.4 Å². The Balaban J connectivity index is 0.00000176. The van der Waals surface area contributed by atoms with E-state index in [1.807, 2.05) is 37.1 Å². The molecule has 3 aromatic rings. The van der Waals surface area contributed by atoms with E-state index in [4.69, 9.17) is 21.0 Å². The van der Waals surface area contributed by atoms with Gasteiger partial charge >= 0.3 is 0 Å². The number of carbonyl (C=O) groups excluding carboxylic acids is 3. The van der Waals surface area contributed by atoms with Gasteiger partial charge in [0.1, 0.15) is 29.6 Å². The van der Waals surface area contributed by atoms with Crippen LogP contribution >= 0.6 is 0 Å². The van der Waals surface area contributed by atoms with Crippen molar-refractivity contribution < 1.29 is 19.1 Å². The van der Waals surface area contributed by atoms with E-state index in [1.165, 1.54) is 7.11 Å². The molecule has 2 heterocycles. The topological polar surface area (TPSA) is 154 Å². The van der Waals surface area contributed by atoms with Crippen LogP contribution in [0.25, 0.3) is 11.3 Å². The Labute approximate surface area is 210 Å². The second-order valence-corrected chi connectivity index (χ2v) is 8.45. The summed E-state index contributed by atoms with van der Waals surface area (Å²) in [4.78, 5) is 32.7. The van der Waals surface area contributed by atoms with E-state index >= 15 is 0 Å². The van der Waals surface area contributed by atoms with E-state index in [0.717, 1.165) is 37.1 Å². The smallest absolute Gasteiger partial charge is 0.255 e. The Morgan fingerprint density at radius 3 is 2.56 bits per heavy atom. The molecule has 1 aliphatic rings. The van der Waals surface area contributed by atoms with E-state index in [2.05, 4.69) is 15.7 Å². The average Bonchev–Trinajstić information content (AvgIpc) is 3.25. The molecule has 0 spiro atoms. The second-order valence-electron chi connectivity index (χ2n) is 8.45. The number of methoxy groups -OCH3 is 1. The maximum absolute atomic E-state index is 12.5. The number of rotatable bonds is 8. The number of benzene rings is 2. The minimum atomic E-state index is -0.603. The SMILES string of the molecule is C=O.COc1ccccc1C(=O)NCc1ccc(-c2nn(CC3CCCNC3)c(N)c2C(N)=O)cc1. The zero-order valence-electron chi connectivity index (χ0n) is 20.3. The van der Waals surface area contributed by atoms with E-state index in [0.29, 0.717) is 41.8 Å². The van der Waals surface area contributed by atoms with Crippen LogP contribution in [0.2, 0.25) is 0 Å². The van der Waals surface area contributed by atoms with Gasteiger partial charge in [-0.05, 0) is 49.5 Å². The van der Waals surface area contributed by atoms with Gasteiger partial charge in [-0.15, -0.1) is 0 Å². The number of para-hydroxylation sites is 1. The molecule has 2 amide bonds. The van der Waals surface area contributed by atoms with Crippen molar-refractivity contribution in [1.29, 1.82) is 0 Å². The molecular formula is C26H32N6O4. The number of aromatic nitrogens is 2. The molecule has 1 aromatic heterocycles. The third-order valence-corrected chi connectivity index (χ3v) is 6.10. The number of hydrogen-bond donors (Lipinski definition) is 4. The summed E-state index contributed by atoms with van der Waals surface area (Å²) in [5.74, 6) is 0.390. The molecule has 36 heavy (non-hydrogen) atoms. The van der Waals surface area contributed by atoms with Gasteiger partial charge in [0.15, 0.2) is 0 Å². The number of anilines is 1. The molecule has 190 valence electrons. The molecule has 1 fully saturated rings. The summed E-state index contributed by atoms with van der Waals surface area (Å²) in [7, 11) is 1.53. The van der Waals surface area contributed by atoms with E-state index in [-0.39, 0.29) is 11.5 Å². The Morgan fingerprint density at radius 2 is 1.92 bits per heavy atom. The molecule has 1 unspecified atom stereocenters. The van der Waals surface area contributed by atoms with Gasteiger partial charge in [-0.1, -0.05) is 36.4 Å². The van der Waals surface area contributed by atoms with Gasteiger partial charge in [-0.3, -0.25) is 9.59 Å². The molecule has 1 saturated heterocycles. The molecule has 1 atom stereocenters. The first-order valence-electron chi connectivity index (χ1n) is 11.6. The van der Waals surface area contributed by atoms with Crippen LogP contribution in [-0.2, 0) is 17.9 Å². The van der Waals surface area contributed by atoms with Crippen LogP contribution in [0.5, 0.6) is 5.75 Å². The van der Waals surface area contributed by atoms with Gasteiger partial charge in [-0.25, -0.2) is 4.68 Å². The summed E-state index contributed by atoms with van der Waals surface area (Å²) >= 11 is 0. The highest BCUT2D eigenvalue weighted by atomic mass is 16.5. The monoisotopic (exact) mass is 492 g/mol. The molecule has 0 saturated carbocycles. The normalized spacial score (nSPS) is 14.9. The van der Waals surface area contributed by atoms with E-state index in [1.54, 1.807) is 22.9 Å². The second kappa shape index (κ2) is 12.5. The van der Waals surface area contributed by atoms with Crippen LogP contribution in [0.3, 0.4) is 0 Å². The molecule has 2 aromatic carbocycles. The maximum Gasteiger partial charge on any atom is 0.255 e. The van der Waals surface area contributed by atoms with Crippen molar-refractivity contribution in [2.24, 2.45) is 11.7 Å². The summed E-state index contributed by atoms with van der Waals surface area (Å²) in [5.41, 5.74) is 14.7. The fourth-order valence-electron chi connectivity index (χ4n) is 4.27. The summed E-state index contributed by atoms with van der Waals surface area (Å²) in [6, 6.07) is 14.5. The zero-order chi connectivity index (χ0) is 26.1. The van der Waals surface area contributed by atoms with Gasteiger partial charge in [0.25, 0.3) is 11.8 Å². The predicted molar refractivity (Wildman–Crippen MR) is 137 cm³/mol. The molecule has 0 radical (unpaired) electrons. The lowest BCUT2D eigenvalue weighted by atomic mass is 10.00. The predicted octanol–water partition coefficient (Wildman–Crippen LogP) is 1.98. The number of nitrogens with two attached hydrogens (primary N) is 2. The minimum absolute atomic E-state index is 0.221. The standard InChI is InChI=1S/C25H30N6O3.CH2O/c1-34-20-7-3-2-6-19(20)25(33)29-14-16-8-10-18(11-9-16)22-21(24(27)32)23(26)31(30-22)15-17-5-4-12-28-13-17;1-2/h2-3,6-11,17,28H,4-5,12-15,26H2,1H3,(H2,27,32)(H,29,33);1H2. The van der Waals surface area contributed by atoms with Crippen LogP contribution in [0.4, 0.5) is 5.82 Å². The summed E-state index contributed by atoms with van der Waals surface area (Å²) in [6.07, 6.45) is 2.19. The largest absolute Gasteiger partial charge is 0.496 e. The highest BCUT2D eigenvalue weighted by Gasteiger charge is 2.23. The molecule has 0 aliphatic carbocycles. The first-order valence-corrected chi connectivity index (χ1v) is 11.6. The number of nitrogens with one attached hydrogen (secondary N) is 2. The Morgan fingerprint density at radius 1 is 1.19 bits per heavy atom. The number of carbonyl (C=O) groups is 3.